The van der Waals surface area contributed by atoms with E-state index < -0.39 is 17.7 Å². The Morgan fingerprint density at radius 2 is 2.04 bits per heavy atom. The number of rotatable bonds is 4. The minimum absolute atomic E-state index is 0.00663. The second-order valence-electron chi connectivity index (χ2n) is 6.24. The molecule has 2 heterocycles. The molecular formula is C19H14ClF2N3O2. The van der Waals surface area contributed by atoms with E-state index in [1.165, 1.54) is 29.2 Å². The first-order valence-electron chi connectivity index (χ1n) is 8.35. The number of carbonyl (C=O) groups excluding carboxylic acids is 1. The van der Waals surface area contributed by atoms with Crippen LogP contribution in [0.5, 0.6) is 0 Å². The molecule has 138 valence electrons. The monoisotopic (exact) mass is 389 g/mol. The fourth-order valence-corrected chi connectivity index (χ4v) is 3.38. The number of nitrogens with zero attached hydrogens (tertiary/aromatic N) is 3. The van der Waals surface area contributed by atoms with Crippen molar-refractivity contribution in [2.75, 3.05) is 0 Å². The van der Waals surface area contributed by atoms with E-state index in [0.717, 1.165) is 0 Å². The van der Waals surface area contributed by atoms with Crippen LogP contribution in [-0.4, -0.2) is 20.9 Å². The molecule has 1 aliphatic heterocycles. The Hall–Kier alpha value is -2.80. The second-order valence-corrected chi connectivity index (χ2v) is 6.65. The van der Waals surface area contributed by atoms with E-state index in [1.807, 2.05) is 0 Å². The predicted molar refractivity (Wildman–Crippen MR) is 93.6 cm³/mol. The van der Waals surface area contributed by atoms with Gasteiger partial charge < -0.3 is 9.42 Å². The van der Waals surface area contributed by atoms with Crippen LogP contribution in [0.15, 0.2) is 47.0 Å². The van der Waals surface area contributed by atoms with E-state index in [4.69, 9.17) is 16.1 Å². The van der Waals surface area contributed by atoms with Crippen LogP contribution in [0.3, 0.4) is 0 Å². The van der Waals surface area contributed by atoms with Gasteiger partial charge in [-0.25, -0.2) is 8.78 Å². The van der Waals surface area contributed by atoms with Crippen LogP contribution in [0.25, 0.3) is 11.4 Å². The third-order valence-electron chi connectivity index (χ3n) is 4.53. The first-order chi connectivity index (χ1) is 13.0. The lowest BCUT2D eigenvalue weighted by atomic mass is 10.1. The highest BCUT2D eigenvalue weighted by Crippen LogP contribution is 2.35. The number of amides is 1. The van der Waals surface area contributed by atoms with Crippen molar-refractivity contribution in [2.24, 2.45) is 0 Å². The van der Waals surface area contributed by atoms with Gasteiger partial charge in [-0.05, 0) is 30.7 Å². The number of hydrogen-bond donors (Lipinski definition) is 0. The normalized spacial score (nSPS) is 16.9. The Morgan fingerprint density at radius 3 is 2.81 bits per heavy atom. The van der Waals surface area contributed by atoms with Crippen LogP contribution in [0.2, 0.25) is 5.02 Å². The van der Waals surface area contributed by atoms with Crippen LogP contribution in [0.1, 0.15) is 30.3 Å². The average molecular weight is 390 g/mol. The summed E-state index contributed by atoms with van der Waals surface area (Å²) < 4.78 is 32.8. The van der Waals surface area contributed by atoms with Gasteiger partial charge in [0, 0.05) is 22.6 Å². The van der Waals surface area contributed by atoms with Crippen LogP contribution in [0, 0.1) is 11.6 Å². The maximum Gasteiger partial charge on any atom is 0.249 e. The van der Waals surface area contributed by atoms with Gasteiger partial charge in [0.05, 0.1) is 6.54 Å². The van der Waals surface area contributed by atoms with Crippen molar-refractivity contribution >= 4 is 17.5 Å². The molecule has 5 nitrogen and oxygen atoms in total. The average Bonchev–Trinajstić information content (AvgIpc) is 3.25. The third-order valence-corrected chi connectivity index (χ3v) is 4.88. The SMILES string of the molecule is O=C1CCC(c2nc(-c3cccc(F)c3)no2)N1Cc1c(F)cccc1Cl. The van der Waals surface area contributed by atoms with Crippen molar-refractivity contribution in [1.82, 2.24) is 15.0 Å². The smallest absolute Gasteiger partial charge is 0.249 e. The van der Waals surface area contributed by atoms with Gasteiger partial charge in [-0.3, -0.25) is 4.79 Å². The fourth-order valence-electron chi connectivity index (χ4n) is 3.16. The van der Waals surface area contributed by atoms with Gasteiger partial charge in [0.25, 0.3) is 0 Å². The highest BCUT2D eigenvalue weighted by Gasteiger charge is 2.36. The summed E-state index contributed by atoms with van der Waals surface area (Å²) in [6.45, 7) is 0.00663. The minimum atomic E-state index is -0.483. The molecule has 0 saturated carbocycles. The molecule has 27 heavy (non-hydrogen) atoms. The van der Waals surface area contributed by atoms with E-state index in [1.54, 1.807) is 18.2 Å². The maximum atomic E-state index is 14.1. The van der Waals surface area contributed by atoms with Crippen LogP contribution >= 0.6 is 11.6 Å². The van der Waals surface area contributed by atoms with E-state index in [2.05, 4.69) is 10.1 Å². The van der Waals surface area contributed by atoms with Gasteiger partial charge in [-0.15, -0.1) is 0 Å². The molecule has 1 saturated heterocycles. The van der Waals surface area contributed by atoms with Gasteiger partial charge in [0.2, 0.25) is 17.6 Å². The van der Waals surface area contributed by atoms with E-state index in [9.17, 15) is 13.6 Å². The highest BCUT2D eigenvalue weighted by atomic mass is 35.5. The topological polar surface area (TPSA) is 59.2 Å². The Labute approximate surface area is 158 Å². The lowest BCUT2D eigenvalue weighted by Gasteiger charge is -2.22. The number of aromatic nitrogens is 2. The molecule has 1 atom stereocenters. The molecule has 0 N–H and O–H groups in total. The lowest BCUT2D eigenvalue weighted by Crippen LogP contribution is -2.28. The largest absolute Gasteiger partial charge is 0.337 e. The van der Waals surface area contributed by atoms with E-state index >= 15 is 0 Å². The summed E-state index contributed by atoms with van der Waals surface area (Å²) in [5.41, 5.74) is 0.710. The van der Waals surface area contributed by atoms with Crippen molar-refractivity contribution in [2.45, 2.75) is 25.4 Å². The first kappa shape index (κ1) is 17.6. The Bertz CT molecular complexity index is 988. The standard InChI is InChI=1S/C19H14ClF2N3O2/c20-14-5-2-6-15(22)13(14)10-25-16(7-8-17(25)26)19-23-18(24-27-19)11-3-1-4-12(21)9-11/h1-6,9,16H,7-8,10H2. The molecule has 0 aliphatic carbocycles. The highest BCUT2D eigenvalue weighted by molar-refractivity contribution is 6.31. The molecule has 0 spiro atoms. The molecule has 8 heteroatoms. The Kier molecular flexibility index (Phi) is 4.61. The zero-order chi connectivity index (χ0) is 19.0. The summed E-state index contributed by atoms with van der Waals surface area (Å²) in [6, 6.07) is 9.72. The maximum absolute atomic E-state index is 14.1. The van der Waals surface area contributed by atoms with Gasteiger partial charge in [0.1, 0.15) is 17.7 Å². The zero-order valence-electron chi connectivity index (χ0n) is 14.0. The van der Waals surface area contributed by atoms with E-state index in [-0.39, 0.29) is 41.2 Å². The third kappa shape index (κ3) is 3.42. The molecule has 1 aromatic heterocycles. The van der Waals surface area contributed by atoms with Gasteiger partial charge in [-0.2, -0.15) is 4.98 Å². The lowest BCUT2D eigenvalue weighted by molar-refractivity contribution is -0.130. The molecule has 0 radical (unpaired) electrons. The summed E-state index contributed by atoms with van der Waals surface area (Å²) in [5, 5.41) is 4.13. The number of benzene rings is 2. The predicted octanol–water partition coefficient (Wildman–Crippen LogP) is 4.53. The van der Waals surface area contributed by atoms with Crippen LogP contribution in [-0.2, 0) is 11.3 Å². The number of halogens is 3. The summed E-state index contributed by atoms with van der Waals surface area (Å²) in [4.78, 5) is 18.1. The van der Waals surface area contributed by atoms with Crippen molar-refractivity contribution < 1.29 is 18.1 Å². The summed E-state index contributed by atoms with van der Waals surface area (Å²) in [7, 11) is 0. The fraction of sp³-hybridized carbons (Fsp3) is 0.211. The Morgan fingerprint density at radius 1 is 1.22 bits per heavy atom. The molecule has 1 unspecified atom stereocenters. The molecule has 0 bridgehead atoms. The molecular weight excluding hydrogens is 376 g/mol. The Balaban J connectivity index is 1.62. The first-order valence-corrected chi connectivity index (χ1v) is 8.72. The molecule has 4 rings (SSSR count). The number of carbonyl (C=O) groups is 1. The molecule has 1 amide bonds. The summed E-state index contributed by atoms with van der Waals surface area (Å²) in [6.07, 6.45) is 0.754. The molecule has 1 aliphatic rings. The molecule has 3 aromatic rings. The van der Waals surface area contributed by atoms with Gasteiger partial charge >= 0.3 is 0 Å². The minimum Gasteiger partial charge on any atom is -0.337 e. The van der Waals surface area contributed by atoms with Gasteiger partial charge in [-0.1, -0.05) is 35.0 Å². The summed E-state index contributed by atoms with van der Waals surface area (Å²) in [5.74, 6) is -0.581. The molecule has 1 fully saturated rings. The quantitative estimate of drug-likeness (QED) is 0.657. The van der Waals surface area contributed by atoms with Crippen molar-refractivity contribution in [1.29, 1.82) is 0 Å². The van der Waals surface area contributed by atoms with Gasteiger partial charge in [0.15, 0.2) is 0 Å². The van der Waals surface area contributed by atoms with Crippen LogP contribution in [0.4, 0.5) is 8.78 Å². The van der Waals surface area contributed by atoms with Crippen LogP contribution < -0.4 is 0 Å². The van der Waals surface area contributed by atoms with E-state index in [0.29, 0.717) is 12.0 Å². The van der Waals surface area contributed by atoms with Crippen molar-refractivity contribution in [3.05, 3.63) is 70.6 Å². The number of hydrogen-bond acceptors (Lipinski definition) is 4. The summed E-state index contributed by atoms with van der Waals surface area (Å²) >= 11 is 6.08. The van der Waals surface area contributed by atoms with Crippen molar-refractivity contribution in [3.63, 3.8) is 0 Å². The zero-order valence-corrected chi connectivity index (χ0v) is 14.8. The molecule has 2 aromatic carbocycles. The van der Waals surface area contributed by atoms with Crippen molar-refractivity contribution in [3.8, 4) is 11.4 Å². The second kappa shape index (κ2) is 7.08. The number of likely N-dealkylation sites (tertiary alicyclic amines) is 1.